The Morgan fingerprint density at radius 2 is 2.13 bits per heavy atom. The molecule has 0 aliphatic carbocycles. The van der Waals surface area contributed by atoms with E-state index < -0.39 is 10.0 Å². The minimum Gasteiger partial charge on any atom is -0.352 e. The Hall–Kier alpha value is -0.850. The Morgan fingerprint density at radius 3 is 2.67 bits per heavy atom. The van der Waals surface area contributed by atoms with E-state index in [2.05, 4.69) is 10.0 Å². The minimum absolute atomic E-state index is 0.306. The molecule has 0 aliphatic heterocycles. The summed E-state index contributed by atoms with van der Waals surface area (Å²) < 4.78 is 27.1. The molecule has 0 atom stereocenters. The van der Waals surface area contributed by atoms with Gasteiger partial charge in [0.05, 0.1) is 4.90 Å². The molecule has 86 valence electrons. The Balaban J connectivity index is 2.95. The molecule has 6 heteroatoms. The predicted molar refractivity (Wildman–Crippen MR) is 59.0 cm³/mol. The van der Waals surface area contributed by atoms with Gasteiger partial charge in [-0.05, 0) is 19.7 Å². The maximum absolute atomic E-state index is 11.5. The molecule has 1 rings (SSSR count). The lowest BCUT2D eigenvalue weighted by atomic mass is 10.4. The zero-order chi connectivity index (χ0) is 11.5. The van der Waals surface area contributed by atoms with Crippen molar-refractivity contribution in [3.63, 3.8) is 0 Å². The molecule has 0 amide bonds. The second-order valence-corrected chi connectivity index (χ2v) is 5.15. The molecule has 0 unspecified atom stereocenters. The van der Waals surface area contributed by atoms with Crippen LogP contribution >= 0.6 is 0 Å². The lowest BCUT2D eigenvalue weighted by molar-refractivity contribution is 0.588. The number of hydrogen-bond acceptors (Lipinski definition) is 3. The van der Waals surface area contributed by atoms with E-state index in [1.54, 1.807) is 12.3 Å². The molecular formula is C9H17N3O2S. The predicted octanol–water partition coefficient (Wildman–Crippen LogP) is 0.0427. The van der Waals surface area contributed by atoms with Gasteiger partial charge in [0, 0.05) is 25.5 Å². The number of nitrogens with one attached hydrogen (secondary N) is 2. The van der Waals surface area contributed by atoms with Gasteiger partial charge in [-0.2, -0.15) is 0 Å². The van der Waals surface area contributed by atoms with E-state index in [0.717, 1.165) is 12.2 Å². The van der Waals surface area contributed by atoms with Gasteiger partial charge in [-0.1, -0.05) is 6.92 Å². The summed E-state index contributed by atoms with van der Waals surface area (Å²) in [5.41, 5.74) is 0.950. The highest BCUT2D eigenvalue weighted by atomic mass is 32.2. The molecule has 1 heterocycles. The lowest BCUT2D eigenvalue weighted by Crippen LogP contribution is -2.17. The van der Waals surface area contributed by atoms with Crippen molar-refractivity contribution in [2.45, 2.75) is 18.4 Å². The zero-order valence-electron chi connectivity index (χ0n) is 9.24. The molecule has 0 fully saturated rings. The average Bonchev–Trinajstić information content (AvgIpc) is 2.57. The minimum atomic E-state index is -3.32. The highest BCUT2D eigenvalue weighted by Gasteiger charge is 2.14. The lowest BCUT2D eigenvalue weighted by Gasteiger charge is -2.01. The van der Waals surface area contributed by atoms with Gasteiger partial charge in [-0.15, -0.1) is 0 Å². The maximum Gasteiger partial charge on any atom is 0.241 e. The molecule has 15 heavy (non-hydrogen) atoms. The van der Waals surface area contributed by atoms with Crippen molar-refractivity contribution in [1.29, 1.82) is 0 Å². The van der Waals surface area contributed by atoms with Crippen molar-refractivity contribution >= 4 is 10.0 Å². The molecule has 0 aromatic carbocycles. The quantitative estimate of drug-likeness (QED) is 0.752. The summed E-state index contributed by atoms with van der Waals surface area (Å²) in [7, 11) is -0.0798. The highest BCUT2D eigenvalue weighted by Crippen LogP contribution is 2.12. The van der Waals surface area contributed by atoms with E-state index in [4.69, 9.17) is 0 Å². The summed E-state index contributed by atoms with van der Waals surface area (Å²) in [6.07, 6.45) is 1.61. The zero-order valence-corrected chi connectivity index (χ0v) is 10.1. The van der Waals surface area contributed by atoms with Gasteiger partial charge in [-0.3, -0.25) is 0 Å². The van der Waals surface area contributed by atoms with E-state index in [1.807, 2.05) is 18.5 Å². The van der Waals surface area contributed by atoms with Crippen LogP contribution in [0.3, 0.4) is 0 Å². The van der Waals surface area contributed by atoms with Gasteiger partial charge >= 0.3 is 0 Å². The van der Waals surface area contributed by atoms with Crippen LogP contribution in [0.2, 0.25) is 0 Å². The number of nitrogens with zero attached hydrogens (tertiary/aromatic N) is 1. The van der Waals surface area contributed by atoms with Crippen LogP contribution in [0, 0.1) is 0 Å². The normalized spacial score (nSPS) is 11.9. The topological polar surface area (TPSA) is 63.1 Å². The summed E-state index contributed by atoms with van der Waals surface area (Å²) in [6, 6.07) is 1.68. The van der Waals surface area contributed by atoms with Gasteiger partial charge in [-0.25, -0.2) is 13.1 Å². The molecule has 0 spiro atoms. The Kier molecular flexibility index (Phi) is 3.90. The van der Waals surface area contributed by atoms with Crippen molar-refractivity contribution in [2.75, 3.05) is 13.6 Å². The first kappa shape index (κ1) is 12.2. The molecule has 0 bridgehead atoms. The SMILES string of the molecule is CCNCc1cc(S(=O)(=O)NC)cn1C. The fourth-order valence-electron chi connectivity index (χ4n) is 1.27. The fourth-order valence-corrected chi connectivity index (χ4v) is 2.09. The Morgan fingerprint density at radius 1 is 1.47 bits per heavy atom. The number of hydrogen-bond donors (Lipinski definition) is 2. The maximum atomic E-state index is 11.5. The molecule has 5 nitrogen and oxygen atoms in total. The molecule has 0 aliphatic rings. The molecular weight excluding hydrogens is 214 g/mol. The van der Waals surface area contributed by atoms with E-state index >= 15 is 0 Å². The largest absolute Gasteiger partial charge is 0.352 e. The van der Waals surface area contributed by atoms with E-state index in [-0.39, 0.29) is 0 Å². The van der Waals surface area contributed by atoms with Gasteiger partial charge in [0.1, 0.15) is 0 Å². The van der Waals surface area contributed by atoms with Crippen molar-refractivity contribution in [1.82, 2.24) is 14.6 Å². The third-order valence-corrected chi connectivity index (χ3v) is 3.60. The standard InChI is InChI=1S/C9H17N3O2S/c1-4-11-6-8-5-9(7-12(8)3)15(13,14)10-2/h5,7,10-11H,4,6H2,1-3H3. The average molecular weight is 231 g/mol. The van der Waals surface area contributed by atoms with E-state index in [9.17, 15) is 8.42 Å². The summed E-state index contributed by atoms with van der Waals surface area (Å²) in [6.45, 7) is 3.54. The van der Waals surface area contributed by atoms with Crippen LogP contribution < -0.4 is 10.0 Å². The van der Waals surface area contributed by atoms with Gasteiger partial charge < -0.3 is 9.88 Å². The van der Waals surface area contributed by atoms with Crippen LogP contribution in [-0.4, -0.2) is 26.6 Å². The van der Waals surface area contributed by atoms with Crippen molar-refractivity contribution in [3.05, 3.63) is 18.0 Å². The summed E-state index contributed by atoms with van der Waals surface area (Å²) >= 11 is 0. The summed E-state index contributed by atoms with van der Waals surface area (Å²) in [5.74, 6) is 0. The molecule has 0 saturated carbocycles. The van der Waals surface area contributed by atoms with E-state index in [1.165, 1.54) is 7.05 Å². The van der Waals surface area contributed by atoms with Crippen LogP contribution in [0.15, 0.2) is 17.2 Å². The number of sulfonamides is 1. The smallest absolute Gasteiger partial charge is 0.241 e. The summed E-state index contributed by atoms with van der Waals surface area (Å²) in [4.78, 5) is 0.306. The van der Waals surface area contributed by atoms with Crippen LogP contribution in [0.4, 0.5) is 0 Å². The van der Waals surface area contributed by atoms with E-state index in [0.29, 0.717) is 11.4 Å². The van der Waals surface area contributed by atoms with Gasteiger partial charge in [0.15, 0.2) is 0 Å². The molecule has 0 saturated heterocycles. The summed E-state index contributed by atoms with van der Waals surface area (Å²) in [5, 5.41) is 3.15. The fraction of sp³-hybridized carbons (Fsp3) is 0.556. The monoisotopic (exact) mass is 231 g/mol. The number of aromatic nitrogens is 1. The number of rotatable bonds is 5. The van der Waals surface area contributed by atoms with Crippen LogP contribution in [0.25, 0.3) is 0 Å². The van der Waals surface area contributed by atoms with Gasteiger partial charge in [0.2, 0.25) is 10.0 Å². The van der Waals surface area contributed by atoms with Crippen molar-refractivity contribution in [2.24, 2.45) is 7.05 Å². The second kappa shape index (κ2) is 4.78. The second-order valence-electron chi connectivity index (χ2n) is 3.27. The molecule has 1 aromatic rings. The first-order valence-corrected chi connectivity index (χ1v) is 6.29. The number of aryl methyl sites for hydroxylation is 1. The first-order chi connectivity index (χ1) is 7.01. The third-order valence-electron chi connectivity index (χ3n) is 2.22. The highest BCUT2D eigenvalue weighted by molar-refractivity contribution is 7.89. The van der Waals surface area contributed by atoms with Crippen LogP contribution in [-0.2, 0) is 23.6 Å². The molecule has 0 radical (unpaired) electrons. The third kappa shape index (κ3) is 2.80. The Labute approximate surface area is 90.5 Å². The first-order valence-electron chi connectivity index (χ1n) is 4.80. The van der Waals surface area contributed by atoms with Gasteiger partial charge in [0.25, 0.3) is 0 Å². The Bertz CT molecular complexity index is 423. The van der Waals surface area contributed by atoms with Crippen molar-refractivity contribution < 1.29 is 8.42 Å². The van der Waals surface area contributed by atoms with Crippen molar-refractivity contribution in [3.8, 4) is 0 Å². The van der Waals surface area contributed by atoms with Crippen LogP contribution in [0.5, 0.6) is 0 Å². The van der Waals surface area contributed by atoms with Crippen LogP contribution in [0.1, 0.15) is 12.6 Å². The molecule has 1 aromatic heterocycles. The molecule has 2 N–H and O–H groups in total.